The highest BCUT2D eigenvalue weighted by Crippen LogP contribution is 2.23. The molecule has 29 heavy (non-hydrogen) atoms. The van der Waals surface area contributed by atoms with Crippen LogP contribution in [0.15, 0.2) is 54.6 Å². The number of hydrogen-bond donors (Lipinski definition) is 1. The van der Waals surface area contributed by atoms with Gasteiger partial charge in [-0.1, -0.05) is 30.3 Å². The molecule has 1 unspecified atom stereocenters. The maximum atomic E-state index is 5.78. The van der Waals surface area contributed by atoms with Gasteiger partial charge in [0.15, 0.2) is 12.5 Å². The van der Waals surface area contributed by atoms with Gasteiger partial charge in [0.2, 0.25) is 4.77 Å². The molecule has 2 aromatic carbocycles. The first-order valence-corrected chi connectivity index (χ1v) is 10.9. The average molecular weight is 410 g/mol. The van der Waals surface area contributed by atoms with Crippen molar-refractivity contribution >= 4 is 12.2 Å². The number of likely N-dealkylation sites (tertiary alicyclic amines) is 1. The SMILES string of the molecule is CCOc1ccc([C@@H]2CCC[NH+]2Cn2nc(-c3ccccc3)n(CC)c2=S)cc1. The molecule has 5 nitrogen and oxygen atoms in total. The lowest BCUT2D eigenvalue weighted by molar-refractivity contribution is -0.941. The van der Waals surface area contributed by atoms with Crippen LogP contribution in [0.3, 0.4) is 0 Å². The first kappa shape index (κ1) is 19.9. The summed E-state index contributed by atoms with van der Waals surface area (Å²) in [6.45, 7) is 7.59. The van der Waals surface area contributed by atoms with E-state index in [0.29, 0.717) is 12.6 Å². The lowest BCUT2D eigenvalue weighted by Gasteiger charge is -2.21. The van der Waals surface area contributed by atoms with Crippen molar-refractivity contribution < 1.29 is 9.64 Å². The minimum Gasteiger partial charge on any atom is -0.494 e. The molecule has 0 amide bonds. The third-order valence-electron chi connectivity index (χ3n) is 5.70. The number of nitrogens with zero attached hydrogens (tertiary/aromatic N) is 3. The molecule has 3 aromatic rings. The van der Waals surface area contributed by atoms with E-state index in [1.54, 1.807) is 0 Å². The average Bonchev–Trinajstić information content (AvgIpc) is 3.34. The molecule has 4 rings (SSSR count). The summed E-state index contributed by atoms with van der Waals surface area (Å²) in [5.74, 6) is 1.89. The van der Waals surface area contributed by atoms with Crippen molar-refractivity contribution in [1.82, 2.24) is 14.3 Å². The van der Waals surface area contributed by atoms with Gasteiger partial charge in [-0.25, -0.2) is 0 Å². The van der Waals surface area contributed by atoms with Crippen LogP contribution in [0, 0.1) is 4.77 Å². The van der Waals surface area contributed by atoms with Crippen molar-refractivity contribution in [1.29, 1.82) is 0 Å². The zero-order valence-corrected chi connectivity index (χ0v) is 18.0. The molecule has 1 fully saturated rings. The summed E-state index contributed by atoms with van der Waals surface area (Å²) in [4.78, 5) is 1.52. The van der Waals surface area contributed by atoms with Crippen LogP contribution in [-0.2, 0) is 13.2 Å². The fourth-order valence-corrected chi connectivity index (χ4v) is 4.61. The van der Waals surface area contributed by atoms with Crippen molar-refractivity contribution in [3.63, 3.8) is 0 Å². The van der Waals surface area contributed by atoms with E-state index in [4.69, 9.17) is 22.1 Å². The molecule has 0 spiro atoms. The Morgan fingerprint density at radius 2 is 1.86 bits per heavy atom. The summed E-state index contributed by atoms with van der Waals surface area (Å²) in [6, 6.07) is 19.4. The van der Waals surface area contributed by atoms with Crippen LogP contribution < -0.4 is 9.64 Å². The fourth-order valence-electron chi connectivity index (χ4n) is 4.29. The lowest BCUT2D eigenvalue weighted by Crippen LogP contribution is -3.09. The summed E-state index contributed by atoms with van der Waals surface area (Å²) in [7, 11) is 0. The van der Waals surface area contributed by atoms with Gasteiger partial charge in [-0.2, -0.15) is 4.68 Å². The van der Waals surface area contributed by atoms with E-state index in [9.17, 15) is 0 Å². The number of aromatic nitrogens is 3. The first-order chi connectivity index (χ1) is 14.2. The Morgan fingerprint density at radius 3 is 2.55 bits per heavy atom. The maximum Gasteiger partial charge on any atom is 0.203 e. The van der Waals surface area contributed by atoms with Crippen molar-refractivity contribution in [2.75, 3.05) is 13.2 Å². The van der Waals surface area contributed by atoms with Gasteiger partial charge in [0, 0.05) is 30.5 Å². The third-order valence-corrected chi connectivity index (χ3v) is 6.13. The predicted octanol–water partition coefficient (Wildman–Crippen LogP) is 3.88. The molecule has 152 valence electrons. The molecule has 0 radical (unpaired) electrons. The molecule has 0 aliphatic carbocycles. The Balaban J connectivity index is 1.58. The van der Waals surface area contributed by atoms with Crippen LogP contribution >= 0.6 is 12.2 Å². The van der Waals surface area contributed by atoms with E-state index in [1.165, 1.54) is 23.3 Å². The van der Waals surface area contributed by atoms with Gasteiger partial charge in [-0.15, -0.1) is 5.10 Å². The molecule has 6 heteroatoms. The van der Waals surface area contributed by atoms with Gasteiger partial charge in [-0.05, 0) is 50.3 Å². The van der Waals surface area contributed by atoms with E-state index in [-0.39, 0.29) is 0 Å². The molecule has 1 aliphatic rings. The van der Waals surface area contributed by atoms with Crippen LogP contribution in [0.1, 0.15) is 38.3 Å². The molecule has 0 bridgehead atoms. The molecular formula is C23H29N4OS+. The van der Waals surface area contributed by atoms with Gasteiger partial charge >= 0.3 is 0 Å². The number of rotatable bonds is 7. The zero-order chi connectivity index (χ0) is 20.2. The van der Waals surface area contributed by atoms with E-state index in [1.807, 2.05) is 29.8 Å². The Bertz CT molecular complexity index is 994. The van der Waals surface area contributed by atoms with Gasteiger partial charge in [0.05, 0.1) is 13.2 Å². The Labute approximate surface area is 177 Å². The fraction of sp³-hybridized carbons (Fsp3) is 0.391. The van der Waals surface area contributed by atoms with E-state index < -0.39 is 0 Å². The largest absolute Gasteiger partial charge is 0.494 e. The highest BCUT2D eigenvalue weighted by molar-refractivity contribution is 7.71. The van der Waals surface area contributed by atoms with E-state index >= 15 is 0 Å². The summed E-state index contributed by atoms with van der Waals surface area (Å²) >= 11 is 5.78. The van der Waals surface area contributed by atoms with Crippen LogP contribution in [0.25, 0.3) is 11.4 Å². The van der Waals surface area contributed by atoms with Crippen LogP contribution in [-0.4, -0.2) is 27.5 Å². The predicted molar refractivity (Wildman–Crippen MR) is 118 cm³/mol. The summed E-state index contributed by atoms with van der Waals surface area (Å²) in [5.41, 5.74) is 2.48. The van der Waals surface area contributed by atoms with Crippen molar-refractivity contribution in [2.45, 2.75) is 45.9 Å². The number of benzene rings is 2. The molecule has 2 atom stereocenters. The van der Waals surface area contributed by atoms with Gasteiger partial charge in [0.1, 0.15) is 11.8 Å². The second-order valence-corrected chi connectivity index (χ2v) is 7.84. The van der Waals surface area contributed by atoms with E-state index in [0.717, 1.165) is 41.7 Å². The number of ether oxygens (including phenoxy) is 1. The zero-order valence-electron chi connectivity index (χ0n) is 17.2. The highest BCUT2D eigenvalue weighted by atomic mass is 32.1. The van der Waals surface area contributed by atoms with Gasteiger partial charge in [-0.3, -0.25) is 0 Å². The van der Waals surface area contributed by atoms with Crippen molar-refractivity contribution in [3.8, 4) is 17.1 Å². The summed E-state index contributed by atoms with van der Waals surface area (Å²) in [5, 5.41) is 4.92. The summed E-state index contributed by atoms with van der Waals surface area (Å²) in [6.07, 6.45) is 2.41. The second-order valence-electron chi connectivity index (χ2n) is 7.48. The molecular weight excluding hydrogens is 380 g/mol. The minimum atomic E-state index is 0.472. The monoisotopic (exact) mass is 409 g/mol. The normalized spacial score (nSPS) is 18.8. The number of hydrogen-bond acceptors (Lipinski definition) is 3. The molecule has 0 saturated carbocycles. The van der Waals surface area contributed by atoms with Crippen molar-refractivity contribution in [2.24, 2.45) is 0 Å². The first-order valence-electron chi connectivity index (χ1n) is 10.5. The van der Waals surface area contributed by atoms with Crippen LogP contribution in [0.2, 0.25) is 0 Å². The molecule has 2 heterocycles. The lowest BCUT2D eigenvalue weighted by atomic mass is 10.0. The Morgan fingerprint density at radius 1 is 1.10 bits per heavy atom. The Hall–Kier alpha value is -2.44. The smallest absolute Gasteiger partial charge is 0.203 e. The second kappa shape index (κ2) is 8.93. The van der Waals surface area contributed by atoms with Gasteiger partial charge < -0.3 is 14.2 Å². The molecule has 1 saturated heterocycles. The summed E-state index contributed by atoms with van der Waals surface area (Å²) < 4.78 is 10.5. The minimum absolute atomic E-state index is 0.472. The number of quaternary nitrogens is 1. The van der Waals surface area contributed by atoms with Crippen molar-refractivity contribution in [3.05, 3.63) is 64.9 Å². The molecule has 1 aromatic heterocycles. The Kier molecular flexibility index (Phi) is 6.11. The van der Waals surface area contributed by atoms with Crippen LogP contribution in [0.5, 0.6) is 5.75 Å². The third kappa shape index (κ3) is 4.14. The number of nitrogens with one attached hydrogen (secondary N) is 1. The maximum absolute atomic E-state index is 5.78. The topological polar surface area (TPSA) is 36.4 Å². The molecule has 1 aliphatic heterocycles. The van der Waals surface area contributed by atoms with Crippen LogP contribution in [0.4, 0.5) is 0 Å². The molecule has 1 N–H and O–H groups in total. The van der Waals surface area contributed by atoms with Gasteiger partial charge in [0.25, 0.3) is 0 Å². The van der Waals surface area contributed by atoms with E-state index in [2.05, 4.69) is 47.9 Å². The standard InChI is InChI=1S/C23H28N4OS/c1-3-26-22(19-9-6-5-7-10-19)24-27(23(26)29)17-25-16-8-11-21(25)18-12-14-20(15-13-18)28-4-2/h5-7,9-10,12-15,21H,3-4,8,11,16-17H2,1-2H3/p+1/t21-/m0/s1. The highest BCUT2D eigenvalue weighted by Gasteiger charge is 2.31. The quantitative estimate of drug-likeness (QED) is 0.602.